The maximum atomic E-state index is 12.0. The number of guanidine groups is 1. The van der Waals surface area contributed by atoms with Crippen LogP contribution in [0, 0.1) is 0 Å². The summed E-state index contributed by atoms with van der Waals surface area (Å²) in [5.74, 6) is 0.588. The largest absolute Gasteiger partial charge is 0.357 e. The molecule has 1 aromatic carbocycles. The third kappa shape index (κ3) is 8.34. The van der Waals surface area contributed by atoms with Gasteiger partial charge in [-0.05, 0) is 58.0 Å². The maximum Gasteiger partial charge on any atom is 0.246 e. The molecule has 26 heavy (non-hydrogen) atoms. The number of carbonyl (C=O) groups excluding carboxylic acids is 1. The van der Waals surface area contributed by atoms with Gasteiger partial charge in [0.1, 0.15) is 6.54 Å². The molecule has 1 aliphatic heterocycles. The Bertz CT molecular complexity index is 538. The van der Waals surface area contributed by atoms with Crippen molar-refractivity contribution in [3.8, 4) is 0 Å². The van der Waals surface area contributed by atoms with Crippen molar-refractivity contribution < 1.29 is 4.79 Å². The van der Waals surface area contributed by atoms with Crippen LogP contribution in [0.1, 0.15) is 39.0 Å². The minimum Gasteiger partial charge on any atom is -0.357 e. The summed E-state index contributed by atoms with van der Waals surface area (Å²) in [5.41, 5.74) is 0.795. The molecule has 1 aliphatic rings. The predicted octanol–water partition coefficient (Wildman–Crippen LogP) is 2.45. The molecular formula is C20H33N5O. The van der Waals surface area contributed by atoms with Crippen molar-refractivity contribution in [2.45, 2.75) is 39.0 Å². The Morgan fingerprint density at radius 2 is 1.81 bits per heavy atom. The van der Waals surface area contributed by atoms with E-state index in [1.54, 1.807) is 0 Å². The molecule has 0 spiro atoms. The zero-order valence-electron chi connectivity index (χ0n) is 16.0. The zero-order valence-corrected chi connectivity index (χ0v) is 16.0. The second kappa shape index (κ2) is 12.3. The molecule has 0 bridgehead atoms. The van der Waals surface area contributed by atoms with Crippen LogP contribution >= 0.6 is 0 Å². The molecule has 0 unspecified atom stereocenters. The van der Waals surface area contributed by atoms with E-state index in [-0.39, 0.29) is 12.5 Å². The van der Waals surface area contributed by atoms with Crippen LogP contribution in [0.25, 0.3) is 0 Å². The molecule has 6 heteroatoms. The molecule has 3 N–H and O–H groups in total. The number of hydrogen-bond acceptors (Lipinski definition) is 3. The molecule has 0 aliphatic carbocycles. The van der Waals surface area contributed by atoms with Crippen LogP contribution in [0.2, 0.25) is 0 Å². The number of carbonyl (C=O) groups is 1. The third-order valence-electron chi connectivity index (χ3n) is 4.42. The van der Waals surface area contributed by atoms with Crippen LogP contribution in [0.4, 0.5) is 5.69 Å². The third-order valence-corrected chi connectivity index (χ3v) is 4.42. The number of likely N-dealkylation sites (tertiary alicyclic amines) is 1. The number of nitrogens with zero attached hydrogens (tertiary/aromatic N) is 2. The molecule has 2 rings (SSSR count). The van der Waals surface area contributed by atoms with Crippen LogP contribution < -0.4 is 16.0 Å². The van der Waals surface area contributed by atoms with Crippen LogP contribution in [-0.2, 0) is 4.79 Å². The van der Waals surface area contributed by atoms with Gasteiger partial charge >= 0.3 is 0 Å². The standard InChI is InChI=1S/C20H33N5O/c1-2-21-20(22-13-10-16-25-14-8-3-4-9-15-25)23-17-19(26)24-18-11-6-5-7-12-18/h5-7,11-12H,2-4,8-10,13-17H2,1H3,(H,24,26)(H2,21,22,23). The molecule has 0 radical (unpaired) electrons. The number of benzene rings is 1. The van der Waals surface area contributed by atoms with Crippen molar-refractivity contribution >= 4 is 17.6 Å². The average Bonchev–Trinajstić information content (AvgIpc) is 2.93. The second-order valence-corrected chi connectivity index (χ2v) is 6.65. The van der Waals surface area contributed by atoms with Gasteiger partial charge in [-0.3, -0.25) is 4.79 Å². The normalized spacial score (nSPS) is 16.0. The lowest BCUT2D eigenvalue weighted by Gasteiger charge is -2.20. The summed E-state index contributed by atoms with van der Waals surface area (Å²) in [6.45, 7) is 7.36. The fourth-order valence-electron chi connectivity index (χ4n) is 3.08. The van der Waals surface area contributed by atoms with E-state index in [0.29, 0.717) is 5.96 Å². The molecule has 144 valence electrons. The lowest BCUT2D eigenvalue weighted by molar-refractivity contribution is -0.114. The van der Waals surface area contributed by atoms with Crippen molar-refractivity contribution in [3.63, 3.8) is 0 Å². The summed E-state index contributed by atoms with van der Waals surface area (Å²) in [4.78, 5) is 18.9. The summed E-state index contributed by atoms with van der Waals surface area (Å²) < 4.78 is 0. The average molecular weight is 360 g/mol. The van der Waals surface area contributed by atoms with Gasteiger partial charge in [0.15, 0.2) is 5.96 Å². The highest BCUT2D eigenvalue weighted by Crippen LogP contribution is 2.09. The fourth-order valence-corrected chi connectivity index (χ4v) is 3.08. The van der Waals surface area contributed by atoms with E-state index in [2.05, 4.69) is 25.8 Å². The SMILES string of the molecule is CCNC(=NCC(=O)Nc1ccccc1)NCCCN1CCCCCC1. The summed E-state index contributed by atoms with van der Waals surface area (Å²) in [6, 6.07) is 9.46. The first-order valence-corrected chi connectivity index (χ1v) is 9.87. The Balaban J connectivity index is 1.69. The van der Waals surface area contributed by atoms with Crippen molar-refractivity contribution in [2.24, 2.45) is 4.99 Å². The van der Waals surface area contributed by atoms with E-state index in [0.717, 1.165) is 31.7 Å². The lowest BCUT2D eigenvalue weighted by atomic mass is 10.2. The molecule has 1 heterocycles. The smallest absolute Gasteiger partial charge is 0.246 e. The molecular weight excluding hydrogens is 326 g/mol. The Kier molecular flexibility index (Phi) is 9.57. The Morgan fingerprint density at radius 3 is 2.50 bits per heavy atom. The highest BCUT2D eigenvalue weighted by molar-refractivity contribution is 5.94. The molecule has 1 amide bonds. The summed E-state index contributed by atoms with van der Waals surface area (Å²) >= 11 is 0. The van der Waals surface area contributed by atoms with Gasteiger partial charge in [-0.1, -0.05) is 31.0 Å². The van der Waals surface area contributed by atoms with Crippen LogP contribution in [0.5, 0.6) is 0 Å². The van der Waals surface area contributed by atoms with Gasteiger partial charge in [0.2, 0.25) is 5.91 Å². The number of nitrogens with one attached hydrogen (secondary N) is 3. The molecule has 6 nitrogen and oxygen atoms in total. The molecule has 1 fully saturated rings. The van der Waals surface area contributed by atoms with Gasteiger partial charge in [-0.15, -0.1) is 0 Å². The quantitative estimate of drug-likeness (QED) is 0.379. The molecule has 0 saturated carbocycles. The first-order valence-electron chi connectivity index (χ1n) is 9.87. The summed E-state index contributed by atoms with van der Waals surface area (Å²) in [6.07, 6.45) is 6.48. The molecule has 1 aromatic rings. The monoisotopic (exact) mass is 359 g/mol. The van der Waals surface area contributed by atoms with E-state index >= 15 is 0 Å². The molecule has 0 aromatic heterocycles. The van der Waals surface area contributed by atoms with Crippen molar-refractivity contribution in [2.75, 3.05) is 44.6 Å². The van der Waals surface area contributed by atoms with E-state index in [4.69, 9.17) is 0 Å². The second-order valence-electron chi connectivity index (χ2n) is 6.65. The number of rotatable bonds is 8. The predicted molar refractivity (Wildman–Crippen MR) is 109 cm³/mol. The topological polar surface area (TPSA) is 68.8 Å². The van der Waals surface area contributed by atoms with E-state index in [1.807, 2.05) is 37.3 Å². The van der Waals surface area contributed by atoms with Gasteiger partial charge in [-0.2, -0.15) is 0 Å². The van der Waals surface area contributed by atoms with Gasteiger partial charge < -0.3 is 20.9 Å². The summed E-state index contributed by atoms with van der Waals surface area (Å²) in [5, 5.41) is 9.37. The van der Waals surface area contributed by atoms with Gasteiger partial charge in [0, 0.05) is 18.8 Å². The van der Waals surface area contributed by atoms with E-state index < -0.39 is 0 Å². The number of amides is 1. The highest BCUT2D eigenvalue weighted by Gasteiger charge is 2.08. The lowest BCUT2D eigenvalue weighted by Crippen LogP contribution is -2.39. The van der Waals surface area contributed by atoms with E-state index in [9.17, 15) is 4.79 Å². The van der Waals surface area contributed by atoms with Gasteiger partial charge in [-0.25, -0.2) is 4.99 Å². The van der Waals surface area contributed by atoms with Gasteiger partial charge in [0.25, 0.3) is 0 Å². The fraction of sp³-hybridized carbons (Fsp3) is 0.600. The van der Waals surface area contributed by atoms with Crippen LogP contribution in [-0.4, -0.2) is 56.0 Å². The van der Waals surface area contributed by atoms with Crippen LogP contribution in [0.3, 0.4) is 0 Å². The van der Waals surface area contributed by atoms with Crippen LogP contribution in [0.15, 0.2) is 35.3 Å². The Hall–Kier alpha value is -2.08. The van der Waals surface area contributed by atoms with Crippen molar-refractivity contribution in [1.82, 2.24) is 15.5 Å². The highest BCUT2D eigenvalue weighted by atomic mass is 16.1. The number of hydrogen-bond donors (Lipinski definition) is 3. The first-order chi connectivity index (χ1) is 12.8. The minimum atomic E-state index is -0.113. The summed E-state index contributed by atoms with van der Waals surface area (Å²) in [7, 11) is 0. The van der Waals surface area contributed by atoms with E-state index in [1.165, 1.54) is 38.8 Å². The minimum absolute atomic E-state index is 0.107. The Labute approximate surface area is 157 Å². The van der Waals surface area contributed by atoms with Crippen molar-refractivity contribution in [1.29, 1.82) is 0 Å². The molecule has 0 atom stereocenters. The Morgan fingerprint density at radius 1 is 1.08 bits per heavy atom. The zero-order chi connectivity index (χ0) is 18.5. The maximum absolute atomic E-state index is 12.0. The number of anilines is 1. The number of aliphatic imine (C=N–C) groups is 1. The van der Waals surface area contributed by atoms with Crippen molar-refractivity contribution in [3.05, 3.63) is 30.3 Å². The first kappa shape index (κ1) is 20.2. The number of para-hydroxylation sites is 1. The molecule has 1 saturated heterocycles. The van der Waals surface area contributed by atoms with Gasteiger partial charge in [0.05, 0.1) is 0 Å².